The summed E-state index contributed by atoms with van der Waals surface area (Å²) in [5, 5.41) is 9.16. The first-order valence-electron chi connectivity index (χ1n) is 9.52. The van der Waals surface area contributed by atoms with Gasteiger partial charge in [0, 0.05) is 23.0 Å². The van der Waals surface area contributed by atoms with E-state index < -0.39 is 0 Å². The monoisotopic (exact) mass is 365 g/mol. The molecule has 0 saturated heterocycles. The highest BCUT2D eigenvalue weighted by Crippen LogP contribution is 2.31. The third-order valence-electron chi connectivity index (χ3n) is 4.98. The summed E-state index contributed by atoms with van der Waals surface area (Å²) in [6, 6.07) is 11.7. The van der Waals surface area contributed by atoms with E-state index in [4.69, 9.17) is 0 Å². The van der Waals surface area contributed by atoms with Gasteiger partial charge in [0.2, 0.25) is 11.8 Å². The topological polar surface area (TPSA) is 70.2 Å². The molecule has 3 N–H and O–H groups in total. The number of benzene rings is 2. The maximum absolute atomic E-state index is 12.4. The minimum absolute atomic E-state index is 0.0647. The summed E-state index contributed by atoms with van der Waals surface area (Å²) < 4.78 is 0. The van der Waals surface area contributed by atoms with E-state index in [2.05, 4.69) is 28.9 Å². The van der Waals surface area contributed by atoms with Gasteiger partial charge in [0.25, 0.3) is 0 Å². The first kappa shape index (κ1) is 19.0. The zero-order valence-corrected chi connectivity index (χ0v) is 16.2. The lowest BCUT2D eigenvalue weighted by molar-refractivity contribution is -0.117. The van der Waals surface area contributed by atoms with E-state index in [1.54, 1.807) is 0 Å². The van der Waals surface area contributed by atoms with Crippen molar-refractivity contribution >= 4 is 28.9 Å². The van der Waals surface area contributed by atoms with Gasteiger partial charge in [0.1, 0.15) is 0 Å². The second-order valence-corrected chi connectivity index (χ2v) is 7.11. The molecule has 0 unspecified atom stereocenters. The Bertz CT molecular complexity index is 857. The van der Waals surface area contributed by atoms with Gasteiger partial charge >= 0.3 is 0 Å². The van der Waals surface area contributed by atoms with Crippen LogP contribution in [0.1, 0.15) is 36.5 Å². The number of para-hydroxylation sites is 1. The molecule has 3 rings (SSSR count). The number of amides is 2. The fourth-order valence-corrected chi connectivity index (χ4v) is 3.13. The minimum atomic E-state index is -0.117. The van der Waals surface area contributed by atoms with Crippen LogP contribution < -0.4 is 16.0 Å². The molecule has 1 saturated carbocycles. The molecule has 0 atom stereocenters. The standard InChI is InChI=1S/C22H27N3O2/c1-4-16-8-5-7-14(2)21(16)23-13-20(26)24-18-9-6-10-19(15(18)3)25-22(27)17-11-12-17/h5-10,17,23H,4,11-13H2,1-3H3,(H,24,26)(H,25,27). The molecule has 0 aromatic heterocycles. The first-order valence-corrected chi connectivity index (χ1v) is 9.52. The van der Waals surface area contributed by atoms with E-state index in [0.717, 1.165) is 47.5 Å². The predicted octanol–water partition coefficient (Wildman–Crippen LogP) is 4.26. The second kappa shape index (κ2) is 8.25. The minimum Gasteiger partial charge on any atom is -0.376 e. The highest BCUT2D eigenvalue weighted by molar-refractivity contribution is 5.98. The van der Waals surface area contributed by atoms with E-state index in [1.807, 2.05) is 44.2 Å². The van der Waals surface area contributed by atoms with Crippen LogP contribution in [0.25, 0.3) is 0 Å². The first-order chi connectivity index (χ1) is 13.0. The summed E-state index contributed by atoms with van der Waals surface area (Å²) in [5.41, 5.74) is 5.69. The lowest BCUT2D eigenvalue weighted by atomic mass is 10.1. The van der Waals surface area contributed by atoms with Crippen molar-refractivity contribution in [3.05, 3.63) is 53.1 Å². The van der Waals surface area contributed by atoms with Gasteiger partial charge in [-0.05, 0) is 61.9 Å². The predicted molar refractivity (Wildman–Crippen MR) is 110 cm³/mol. The number of nitrogens with one attached hydrogen (secondary N) is 3. The molecule has 1 fully saturated rings. The molecular formula is C22H27N3O2. The summed E-state index contributed by atoms with van der Waals surface area (Å²) >= 11 is 0. The molecule has 0 radical (unpaired) electrons. The second-order valence-electron chi connectivity index (χ2n) is 7.11. The van der Waals surface area contributed by atoms with Gasteiger partial charge in [0.05, 0.1) is 6.54 Å². The van der Waals surface area contributed by atoms with E-state index >= 15 is 0 Å². The van der Waals surface area contributed by atoms with Crippen LogP contribution in [0.5, 0.6) is 0 Å². The number of aryl methyl sites for hydroxylation is 2. The van der Waals surface area contributed by atoms with Gasteiger partial charge in [0.15, 0.2) is 0 Å². The summed E-state index contributed by atoms with van der Waals surface area (Å²) in [6.45, 7) is 6.23. The Morgan fingerprint density at radius 1 is 1.00 bits per heavy atom. The molecule has 0 aliphatic heterocycles. The number of hydrogen-bond acceptors (Lipinski definition) is 3. The van der Waals surface area contributed by atoms with Crippen molar-refractivity contribution in [2.75, 3.05) is 22.5 Å². The van der Waals surface area contributed by atoms with Crippen LogP contribution >= 0.6 is 0 Å². The molecule has 27 heavy (non-hydrogen) atoms. The SMILES string of the molecule is CCc1cccc(C)c1NCC(=O)Nc1cccc(NC(=O)C2CC2)c1C. The molecule has 1 aliphatic carbocycles. The fraction of sp³-hybridized carbons (Fsp3) is 0.364. The lowest BCUT2D eigenvalue weighted by Crippen LogP contribution is -2.23. The average molecular weight is 365 g/mol. The van der Waals surface area contributed by atoms with Gasteiger partial charge in [-0.15, -0.1) is 0 Å². The molecule has 1 aliphatic rings. The largest absolute Gasteiger partial charge is 0.376 e. The van der Waals surface area contributed by atoms with Crippen molar-refractivity contribution < 1.29 is 9.59 Å². The van der Waals surface area contributed by atoms with Gasteiger partial charge < -0.3 is 16.0 Å². The average Bonchev–Trinajstić information content (AvgIpc) is 3.49. The molecular weight excluding hydrogens is 338 g/mol. The molecule has 5 nitrogen and oxygen atoms in total. The Kier molecular flexibility index (Phi) is 5.79. The smallest absolute Gasteiger partial charge is 0.243 e. The molecule has 142 valence electrons. The van der Waals surface area contributed by atoms with Crippen LogP contribution in [0.4, 0.5) is 17.1 Å². The van der Waals surface area contributed by atoms with Gasteiger partial charge in [-0.3, -0.25) is 9.59 Å². The maximum Gasteiger partial charge on any atom is 0.243 e. The van der Waals surface area contributed by atoms with Gasteiger partial charge in [-0.1, -0.05) is 31.2 Å². The Morgan fingerprint density at radius 3 is 2.33 bits per heavy atom. The van der Waals surface area contributed by atoms with E-state index in [-0.39, 0.29) is 24.3 Å². The summed E-state index contributed by atoms with van der Waals surface area (Å²) in [4.78, 5) is 24.4. The van der Waals surface area contributed by atoms with E-state index in [9.17, 15) is 9.59 Å². The molecule has 0 spiro atoms. The van der Waals surface area contributed by atoms with Crippen LogP contribution in [0.2, 0.25) is 0 Å². The number of rotatable bonds is 7. The zero-order valence-electron chi connectivity index (χ0n) is 16.2. The highest BCUT2D eigenvalue weighted by atomic mass is 16.2. The van der Waals surface area contributed by atoms with Crippen molar-refractivity contribution in [2.45, 2.75) is 40.0 Å². The Labute approximate surface area is 160 Å². The number of anilines is 3. The summed E-state index contributed by atoms with van der Waals surface area (Å²) in [7, 11) is 0. The zero-order chi connectivity index (χ0) is 19.4. The molecule has 2 aromatic rings. The molecule has 5 heteroatoms. The van der Waals surface area contributed by atoms with Crippen molar-refractivity contribution in [3.63, 3.8) is 0 Å². The summed E-state index contributed by atoms with van der Waals surface area (Å²) in [5.74, 6) is 0.0951. The Balaban J connectivity index is 1.63. The number of carbonyl (C=O) groups is 2. The van der Waals surface area contributed by atoms with Crippen molar-refractivity contribution in [1.82, 2.24) is 0 Å². The Hall–Kier alpha value is -2.82. The van der Waals surface area contributed by atoms with Crippen LogP contribution in [-0.4, -0.2) is 18.4 Å². The van der Waals surface area contributed by atoms with Crippen LogP contribution in [0.3, 0.4) is 0 Å². The third kappa shape index (κ3) is 4.67. The number of carbonyl (C=O) groups excluding carboxylic acids is 2. The summed E-state index contributed by atoms with van der Waals surface area (Å²) in [6.07, 6.45) is 2.84. The molecule has 0 bridgehead atoms. The van der Waals surface area contributed by atoms with Crippen LogP contribution in [0.15, 0.2) is 36.4 Å². The molecule has 2 amide bonds. The van der Waals surface area contributed by atoms with Crippen molar-refractivity contribution in [3.8, 4) is 0 Å². The normalized spacial score (nSPS) is 13.1. The van der Waals surface area contributed by atoms with Gasteiger partial charge in [-0.2, -0.15) is 0 Å². The third-order valence-corrected chi connectivity index (χ3v) is 4.98. The number of hydrogen-bond donors (Lipinski definition) is 3. The highest BCUT2D eigenvalue weighted by Gasteiger charge is 2.29. The Morgan fingerprint density at radius 2 is 1.67 bits per heavy atom. The van der Waals surface area contributed by atoms with Crippen molar-refractivity contribution in [2.24, 2.45) is 5.92 Å². The van der Waals surface area contributed by atoms with E-state index in [0.29, 0.717) is 0 Å². The van der Waals surface area contributed by atoms with Gasteiger partial charge in [-0.25, -0.2) is 0 Å². The maximum atomic E-state index is 12.4. The molecule has 2 aromatic carbocycles. The van der Waals surface area contributed by atoms with Crippen molar-refractivity contribution in [1.29, 1.82) is 0 Å². The molecule has 0 heterocycles. The van der Waals surface area contributed by atoms with Crippen LogP contribution in [-0.2, 0) is 16.0 Å². The quantitative estimate of drug-likeness (QED) is 0.686. The lowest BCUT2D eigenvalue weighted by Gasteiger charge is -2.16. The van der Waals surface area contributed by atoms with E-state index in [1.165, 1.54) is 5.56 Å². The fourth-order valence-electron chi connectivity index (χ4n) is 3.13. The van der Waals surface area contributed by atoms with Crippen LogP contribution in [0, 0.1) is 19.8 Å².